The lowest BCUT2D eigenvalue weighted by molar-refractivity contribution is -0.142. The van der Waals surface area contributed by atoms with Gasteiger partial charge >= 0.3 is 5.97 Å². The summed E-state index contributed by atoms with van der Waals surface area (Å²) in [6.45, 7) is 1.80. The first-order valence-corrected chi connectivity index (χ1v) is 5.18. The van der Waals surface area contributed by atoms with Gasteiger partial charge in [-0.25, -0.2) is 8.78 Å². The Morgan fingerprint density at radius 3 is 2.76 bits per heavy atom. The lowest BCUT2D eigenvalue weighted by Crippen LogP contribution is -2.14. The summed E-state index contributed by atoms with van der Waals surface area (Å²) in [5.41, 5.74) is -1.38. The Kier molecular flexibility index (Phi) is 4.62. The third-order valence-electron chi connectivity index (χ3n) is 1.91. The molecule has 0 bridgehead atoms. The van der Waals surface area contributed by atoms with Crippen LogP contribution in [0.5, 0.6) is 0 Å². The maximum absolute atomic E-state index is 12.5. The van der Waals surface area contributed by atoms with Gasteiger partial charge in [0, 0.05) is 11.8 Å². The minimum atomic E-state index is -2.91. The predicted octanol–water partition coefficient (Wildman–Crippen LogP) is 2.07. The van der Waals surface area contributed by atoms with Crippen molar-refractivity contribution in [1.29, 1.82) is 0 Å². The smallest absolute Gasteiger partial charge is 0.311 e. The third-order valence-corrected chi connectivity index (χ3v) is 2.30. The van der Waals surface area contributed by atoms with E-state index < -0.39 is 28.5 Å². The molecule has 94 valence electrons. The van der Waals surface area contributed by atoms with Gasteiger partial charge in [0.25, 0.3) is 6.43 Å². The number of rotatable bonds is 4. The van der Waals surface area contributed by atoms with Crippen LogP contribution < -0.4 is 5.43 Å². The molecule has 0 atom stereocenters. The van der Waals surface area contributed by atoms with E-state index >= 15 is 0 Å². The summed E-state index contributed by atoms with van der Waals surface area (Å²) in [4.78, 5) is 24.7. The van der Waals surface area contributed by atoms with E-state index in [4.69, 9.17) is 11.6 Å². The molecule has 0 fully saturated rings. The summed E-state index contributed by atoms with van der Waals surface area (Å²) in [6, 6.07) is 1.01. The fraction of sp³-hybridized carbons (Fsp3) is 0.400. The highest BCUT2D eigenvalue weighted by Crippen LogP contribution is 2.22. The van der Waals surface area contributed by atoms with Crippen LogP contribution in [0.25, 0.3) is 0 Å². The summed E-state index contributed by atoms with van der Waals surface area (Å²) >= 11 is 5.42. The average Bonchev–Trinajstić information content (AvgIpc) is 2.23. The van der Waals surface area contributed by atoms with Crippen LogP contribution in [-0.4, -0.2) is 17.6 Å². The van der Waals surface area contributed by atoms with E-state index in [9.17, 15) is 18.4 Å². The van der Waals surface area contributed by atoms with E-state index in [0.717, 1.165) is 6.07 Å². The number of nitrogens with one attached hydrogen (secondary N) is 1. The van der Waals surface area contributed by atoms with Crippen LogP contribution in [0, 0.1) is 0 Å². The van der Waals surface area contributed by atoms with Crippen molar-refractivity contribution < 1.29 is 18.3 Å². The number of halogens is 3. The topological polar surface area (TPSA) is 59.2 Å². The number of esters is 1. The lowest BCUT2D eigenvalue weighted by Gasteiger charge is -2.07. The fourth-order valence-electron chi connectivity index (χ4n) is 1.23. The summed E-state index contributed by atoms with van der Waals surface area (Å²) in [7, 11) is 0. The molecule has 0 aliphatic carbocycles. The first kappa shape index (κ1) is 13.6. The van der Waals surface area contributed by atoms with Crippen LogP contribution in [0.1, 0.15) is 24.7 Å². The molecule has 17 heavy (non-hydrogen) atoms. The first-order chi connectivity index (χ1) is 7.95. The standard InChI is InChI=1S/C10H10ClF2NO3/c1-2-17-7(16)4-5-3-6(15)8(11)9(14-5)10(12)13/h3,10H,2,4H2,1H3,(H,14,15). The number of H-pyrrole nitrogens is 1. The maximum atomic E-state index is 12.5. The normalized spacial score (nSPS) is 10.6. The molecule has 0 radical (unpaired) electrons. The molecule has 0 saturated heterocycles. The van der Waals surface area contributed by atoms with Crippen molar-refractivity contribution in [2.45, 2.75) is 19.8 Å². The highest BCUT2D eigenvalue weighted by atomic mass is 35.5. The van der Waals surface area contributed by atoms with E-state index in [1.165, 1.54) is 0 Å². The van der Waals surface area contributed by atoms with Gasteiger partial charge in [-0.2, -0.15) is 0 Å². The number of pyridine rings is 1. The van der Waals surface area contributed by atoms with Gasteiger partial charge in [-0.15, -0.1) is 0 Å². The molecule has 0 aliphatic heterocycles. The predicted molar refractivity (Wildman–Crippen MR) is 57.4 cm³/mol. The Morgan fingerprint density at radius 2 is 2.24 bits per heavy atom. The molecule has 0 unspecified atom stereocenters. The number of hydrogen-bond donors (Lipinski definition) is 1. The number of aromatic nitrogens is 1. The Labute approximate surface area is 101 Å². The van der Waals surface area contributed by atoms with Crippen molar-refractivity contribution in [1.82, 2.24) is 4.98 Å². The average molecular weight is 266 g/mol. The van der Waals surface area contributed by atoms with Crippen LogP contribution in [0.3, 0.4) is 0 Å². The molecule has 0 aromatic carbocycles. The number of hydrogen-bond acceptors (Lipinski definition) is 3. The Hall–Kier alpha value is -1.43. The van der Waals surface area contributed by atoms with Crippen LogP contribution in [0.2, 0.25) is 5.02 Å². The van der Waals surface area contributed by atoms with Gasteiger partial charge in [0.05, 0.1) is 13.0 Å². The Bertz CT molecular complexity index is 473. The van der Waals surface area contributed by atoms with Crippen molar-refractivity contribution in [2.75, 3.05) is 6.61 Å². The summed E-state index contributed by atoms with van der Waals surface area (Å²) in [5, 5.41) is -0.562. The van der Waals surface area contributed by atoms with Gasteiger partial charge < -0.3 is 9.72 Å². The molecule has 1 aromatic rings. The summed E-state index contributed by atoms with van der Waals surface area (Å²) in [6.07, 6.45) is -3.18. The number of carbonyl (C=O) groups excluding carboxylic acids is 1. The largest absolute Gasteiger partial charge is 0.466 e. The molecule has 1 rings (SSSR count). The molecule has 1 N–H and O–H groups in total. The minimum absolute atomic E-state index is 0.0492. The molecule has 1 aromatic heterocycles. The van der Waals surface area contributed by atoms with Gasteiger partial charge in [0.1, 0.15) is 10.7 Å². The molecule has 0 amide bonds. The van der Waals surface area contributed by atoms with E-state index in [2.05, 4.69) is 9.72 Å². The van der Waals surface area contributed by atoms with Crippen LogP contribution in [-0.2, 0) is 16.0 Å². The zero-order valence-corrected chi connectivity index (χ0v) is 9.68. The fourth-order valence-corrected chi connectivity index (χ4v) is 1.42. The zero-order chi connectivity index (χ0) is 13.0. The molecule has 1 heterocycles. The second-order valence-corrected chi connectivity index (χ2v) is 3.55. The van der Waals surface area contributed by atoms with Gasteiger partial charge in [0.15, 0.2) is 0 Å². The Morgan fingerprint density at radius 1 is 1.59 bits per heavy atom. The first-order valence-electron chi connectivity index (χ1n) is 4.81. The van der Waals surface area contributed by atoms with Gasteiger partial charge in [-0.1, -0.05) is 11.6 Å². The minimum Gasteiger partial charge on any atom is -0.466 e. The van der Waals surface area contributed by atoms with Gasteiger partial charge in [-0.3, -0.25) is 9.59 Å². The zero-order valence-electron chi connectivity index (χ0n) is 8.93. The number of aromatic amines is 1. The lowest BCUT2D eigenvalue weighted by atomic mass is 10.2. The quantitative estimate of drug-likeness (QED) is 0.848. The molecule has 0 saturated carbocycles. The van der Waals surface area contributed by atoms with Crippen LogP contribution in [0.15, 0.2) is 10.9 Å². The molecule has 4 nitrogen and oxygen atoms in total. The van der Waals surface area contributed by atoms with E-state index in [0.29, 0.717) is 0 Å². The van der Waals surface area contributed by atoms with Crippen molar-refractivity contribution in [3.05, 3.63) is 32.7 Å². The molecule has 7 heteroatoms. The molecular weight excluding hydrogens is 256 g/mol. The SMILES string of the molecule is CCOC(=O)Cc1cc(=O)c(Cl)c(C(F)F)[nH]1. The van der Waals surface area contributed by atoms with E-state index in [-0.39, 0.29) is 18.7 Å². The van der Waals surface area contributed by atoms with E-state index in [1.807, 2.05) is 0 Å². The summed E-state index contributed by atoms with van der Waals surface area (Å²) in [5.74, 6) is -0.606. The van der Waals surface area contributed by atoms with Crippen LogP contribution in [0.4, 0.5) is 8.78 Å². The highest BCUT2D eigenvalue weighted by Gasteiger charge is 2.17. The highest BCUT2D eigenvalue weighted by molar-refractivity contribution is 6.31. The second kappa shape index (κ2) is 5.77. The molecule has 0 spiro atoms. The number of ether oxygens (including phenoxy) is 1. The summed E-state index contributed by atoms with van der Waals surface area (Å²) < 4.78 is 29.6. The van der Waals surface area contributed by atoms with Crippen molar-refractivity contribution in [3.8, 4) is 0 Å². The Balaban J connectivity index is 3.03. The second-order valence-electron chi connectivity index (χ2n) is 3.17. The monoisotopic (exact) mass is 265 g/mol. The maximum Gasteiger partial charge on any atom is 0.311 e. The van der Waals surface area contributed by atoms with Crippen molar-refractivity contribution in [2.24, 2.45) is 0 Å². The van der Waals surface area contributed by atoms with Gasteiger partial charge in [0.2, 0.25) is 5.43 Å². The molecule has 0 aliphatic rings. The molecular formula is C10H10ClF2NO3. The number of alkyl halides is 2. The number of carbonyl (C=O) groups is 1. The third kappa shape index (κ3) is 3.52. The van der Waals surface area contributed by atoms with E-state index in [1.54, 1.807) is 6.92 Å². The van der Waals surface area contributed by atoms with Gasteiger partial charge in [-0.05, 0) is 6.92 Å². The van der Waals surface area contributed by atoms with Crippen molar-refractivity contribution in [3.63, 3.8) is 0 Å². The van der Waals surface area contributed by atoms with Crippen molar-refractivity contribution >= 4 is 17.6 Å². The van der Waals surface area contributed by atoms with Crippen LogP contribution >= 0.6 is 11.6 Å².